The Kier molecular flexibility index (Phi) is 3.75. The maximum Gasteiger partial charge on any atom is 0.0922 e. The second-order valence-electron chi connectivity index (χ2n) is 4.30. The molecule has 2 heterocycles. The molecule has 0 radical (unpaired) electrons. The molecule has 0 amide bonds. The van der Waals surface area contributed by atoms with Gasteiger partial charge in [0.05, 0.1) is 6.33 Å². The van der Waals surface area contributed by atoms with Crippen molar-refractivity contribution in [2.24, 2.45) is 0 Å². The van der Waals surface area contributed by atoms with Gasteiger partial charge in [-0.15, -0.1) is 0 Å². The third-order valence-corrected chi connectivity index (χ3v) is 3.07. The molecule has 0 aromatic carbocycles. The van der Waals surface area contributed by atoms with Crippen LogP contribution in [0.5, 0.6) is 0 Å². The van der Waals surface area contributed by atoms with Gasteiger partial charge in [0.15, 0.2) is 0 Å². The number of likely N-dealkylation sites (tertiary alicyclic amines) is 1. The average molecular weight is 208 g/mol. The highest BCUT2D eigenvalue weighted by atomic mass is 15.2. The maximum atomic E-state index is 3.99. The SMILES string of the molecule is CC(CNCc1cnc[nH]1)N1CCCC1. The molecular formula is C11H20N4. The number of aromatic nitrogens is 2. The summed E-state index contributed by atoms with van der Waals surface area (Å²) >= 11 is 0. The van der Waals surface area contributed by atoms with Crippen LogP contribution in [0.4, 0.5) is 0 Å². The number of nitrogens with zero attached hydrogens (tertiary/aromatic N) is 2. The van der Waals surface area contributed by atoms with E-state index in [9.17, 15) is 0 Å². The normalized spacial score (nSPS) is 19.5. The predicted molar refractivity (Wildman–Crippen MR) is 60.6 cm³/mol. The Balaban J connectivity index is 1.64. The van der Waals surface area contributed by atoms with Gasteiger partial charge in [0.2, 0.25) is 0 Å². The van der Waals surface area contributed by atoms with Gasteiger partial charge in [-0.25, -0.2) is 4.98 Å². The quantitative estimate of drug-likeness (QED) is 0.758. The molecule has 1 fully saturated rings. The van der Waals surface area contributed by atoms with Crippen LogP contribution in [0, 0.1) is 0 Å². The molecule has 84 valence electrons. The molecule has 1 aromatic heterocycles. The van der Waals surface area contributed by atoms with E-state index in [1.54, 1.807) is 6.33 Å². The van der Waals surface area contributed by atoms with Crippen molar-refractivity contribution in [1.82, 2.24) is 20.2 Å². The van der Waals surface area contributed by atoms with Crippen LogP contribution in [0.3, 0.4) is 0 Å². The lowest BCUT2D eigenvalue weighted by molar-refractivity contribution is 0.251. The van der Waals surface area contributed by atoms with E-state index in [0.717, 1.165) is 18.8 Å². The molecule has 0 saturated carbocycles. The van der Waals surface area contributed by atoms with Crippen molar-refractivity contribution >= 4 is 0 Å². The minimum atomic E-state index is 0.649. The van der Waals surface area contributed by atoms with Crippen molar-refractivity contribution in [3.63, 3.8) is 0 Å². The summed E-state index contributed by atoms with van der Waals surface area (Å²) < 4.78 is 0. The van der Waals surface area contributed by atoms with Gasteiger partial charge >= 0.3 is 0 Å². The summed E-state index contributed by atoms with van der Waals surface area (Å²) in [7, 11) is 0. The van der Waals surface area contributed by atoms with Crippen LogP contribution in [0.2, 0.25) is 0 Å². The summed E-state index contributed by atoms with van der Waals surface area (Å²) in [4.78, 5) is 9.64. The fourth-order valence-electron chi connectivity index (χ4n) is 2.11. The Labute approximate surface area is 91.1 Å². The number of imidazole rings is 1. The maximum absolute atomic E-state index is 3.99. The lowest BCUT2D eigenvalue weighted by Crippen LogP contribution is -2.38. The molecule has 4 heteroatoms. The molecule has 1 unspecified atom stereocenters. The first-order valence-corrected chi connectivity index (χ1v) is 5.78. The molecule has 4 nitrogen and oxygen atoms in total. The van der Waals surface area contributed by atoms with Crippen molar-refractivity contribution in [2.45, 2.75) is 32.4 Å². The number of hydrogen-bond donors (Lipinski definition) is 2. The van der Waals surface area contributed by atoms with E-state index >= 15 is 0 Å². The van der Waals surface area contributed by atoms with E-state index in [1.807, 2.05) is 6.20 Å². The number of nitrogens with one attached hydrogen (secondary N) is 2. The molecule has 1 saturated heterocycles. The van der Waals surface area contributed by atoms with E-state index < -0.39 is 0 Å². The Morgan fingerprint density at radius 2 is 2.33 bits per heavy atom. The zero-order valence-corrected chi connectivity index (χ0v) is 9.37. The summed E-state index contributed by atoms with van der Waals surface area (Å²) in [5.74, 6) is 0. The standard InChI is InChI=1S/C11H20N4/c1-10(15-4-2-3-5-15)6-12-7-11-8-13-9-14-11/h8-10,12H,2-7H2,1H3,(H,13,14). The summed E-state index contributed by atoms with van der Waals surface area (Å²) in [6.07, 6.45) is 6.32. The minimum Gasteiger partial charge on any atom is -0.347 e. The van der Waals surface area contributed by atoms with Crippen LogP contribution < -0.4 is 5.32 Å². The highest BCUT2D eigenvalue weighted by molar-refractivity contribution is 4.93. The Morgan fingerprint density at radius 3 is 3.00 bits per heavy atom. The van der Waals surface area contributed by atoms with Crippen LogP contribution in [0.25, 0.3) is 0 Å². The molecular weight excluding hydrogens is 188 g/mol. The molecule has 1 aromatic rings. The van der Waals surface area contributed by atoms with E-state index in [2.05, 4.69) is 27.1 Å². The summed E-state index contributed by atoms with van der Waals surface area (Å²) in [5, 5.41) is 3.45. The zero-order chi connectivity index (χ0) is 10.5. The van der Waals surface area contributed by atoms with E-state index in [0.29, 0.717) is 6.04 Å². The molecule has 1 aliphatic heterocycles. The van der Waals surface area contributed by atoms with Crippen LogP contribution in [-0.2, 0) is 6.54 Å². The zero-order valence-electron chi connectivity index (χ0n) is 9.37. The minimum absolute atomic E-state index is 0.649. The third kappa shape index (κ3) is 3.04. The van der Waals surface area contributed by atoms with Crippen LogP contribution in [-0.4, -0.2) is 40.5 Å². The van der Waals surface area contributed by atoms with Gasteiger partial charge in [-0.1, -0.05) is 0 Å². The van der Waals surface area contributed by atoms with Crippen molar-refractivity contribution in [3.8, 4) is 0 Å². The molecule has 1 atom stereocenters. The van der Waals surface area contributed by atoms with Crippen LogP contribution in [0.1, 0.15) is 25.5 Å². The smallest absolute Gasteiger partial charge is 0.0922 e. The van der Waals surface area contributed by atoms with Crippen LogP contribution >= 0.6 is 0 Å². The summed E-state index contributed by atoms with van der Waals surface area (Å²) in [6.45, 7) is 6.78. The molecule has 2 N–H and O–H groups in total. The van der Waals surface area contributed by atoms with Gasteiger partial charge in [-0.05, 0) is 32.9 Å². The summed E-state index contributed by atoms with van der Waals surface area (Å²) in [5.41, 5.74) is 1.16. The average Bonchev–Trinajstić information content (AvgIpc) is 2.90. The van der Waals surface area contributed by atoms with E-state index in [4.69, 9.17) is 0 Å². The highest BCUT2D eigenvalue weighted by Gasteiger charge is 2.17. The van der Waals surface area contributed by atoms with Crippen molar-refractivity contribution in [3.05, 3.63) is 18.2 Å². The van der Waals surface area contributed by atoms with Crippen molar-refractivity contribution < 1.29 is 0 Å². The van der Waals surface area contributed by atoms with Gasteiger partial charge in [0.1, 0.15) is 0 Å². The molecule has 15 heavy (non-hydrogen) atoms. The predicted octanol–water partition coefficient (Wildman–Crippen LogP) is 0.984. The topological polar surface area (TPSA) is 44.0 Å². The fraction of sp³-hybridized carbons (Fsp3) is 0.727. The van der Waals surface area contributed by atoms with Gasteiger partial charge < -0.3 is 10.3 Å². The highest BCUT2D eigenvalue weighted by Crippen LogP contribution is 2.10. The van der Waals surface area contributed by atoms with E-state index in [1.165, 1.54) is 25.9 Å². The molecule has 0 spiro atoms. The van der Waals surface area contributed by atoms with Gasteiger partial charge in [0, 0.05) is 31.0 Å². The lowest BCUT2D eigenvalue weighted by Gasteiger charge is -2.23. The Morgan fingerprint density at radius 1 is 1.53 bits per heavy atom. The molecule has 2 rings (SSSR count). The fourth-order valence-corrected chi connectivity index (χ4v) is 2.11. The van der Waals surface area contributed by atoms with Crippen molar-refractivity contribution in [1.29, 1.82) is 0 Å². The first-order valence-electron chi connectivity index (χ1n) is 5.78. The summed E-state index contributed by atoms with van der Waals surface area (Å²) in [6, 6.07) is 0.649. The second kappa shape index (κ2) is 5.28. The van der Waals surface area contributed by atoms with Gasteiger partial charge in [-0.3, -0.25) is 4.90 Å². The first-order chi connectivity index (χ1) is 7.36. The molecule has 0 aliphatic carbocycles. The van der Waals surface area contributed by atoms with Crippen LogP contribution in [0.15, 0.2) is 12.5 Å². The number of hydrogen-bond acceptors (Lipinski definition) is 3. The molecule has 0 bridgehead atoms. The van der Waals surface area contributed by atoms with Gasteiger partial charge in [-0.2, -0.15) is 0 Å². The largest absolute Gasteiger partial charge is 0.347 e. The van der Waals surface area contributed by atoms with Gasteiger partial charge in [0.25, 0.3) is 0 Å². The number of H-pyrrole nitrogens is 1. The van der Waals surface area contributed by atoms with Crippen molar-refractivity contribution in [2.75, 3.05) is 19.6 Å². The number of aromatic amines is 1. The van der Waals surface area contributed by atoms with E-state index in [-0.39, 0.29) is 0 Å². The Hall–Kier alpha value is -0.870. The molecule has 1 aliphatic rings. The monoisotopic (exact) mass is 208 g/mol. The lowest BCUT2D eigenvalue weighted by atomic mass is 10.3. The first kappa shape index (κ1) is 10.6. The Bertz CT molecular complexity index is 264. The third-order valence-electron chi connectivity index (χ3n) is 3.07. The number of rotatable bonds is 5. The second-order valence-corrected chi connectivity index (χ2v) is 4.30.